The van der Waals surface area contributed by atoms with Crippen molar-refractivity contribution in [1.29, 1.82) is 0 Å². The van der Waals surface area contributed by atoms with Gasteiger partial charge >= 0.3 is 5.97 Å². The van der Waals surface area contributed by atoms with Crippen LogP contribution in [-0.2, 0) is 16.0 Å². The molecule has 0 aromatic heterocycles. The van der Waals surface area contributed by atoms with Crippen molar-refractivity contribution in [3.8, 4) is 17.2 Å². The Balaban J connectivity index is 1.39. The van der Waals surface area contributed by atoms with Crippen molar-refractivity contribution in [2.45, 2.75) is 25.8 Å². The number of methoxy groups -OCH3 is 1. The van der Waals surface area contributed by atoms with Crippen LogP contribution >= 0.6 is 0 Å². The smallest absolute Gasteiger partial charge is 0.341 e. The summed E-state index contributed by atoms with van der Waals surface area (Å²) in [6, 6.07) is 27.1. The summed E-state index contributed by atoms with van der Waals surface area (Å²) >= 11 is 0. The summed E-state index contributed by atoms with van der Waals surface area (Å²) in [6.07, 6.45) is 1.17. The first-order chi connectivity index (χ1) is 19.4. The summed E-state index contributed by atoms with van der Waals surface area (Å²) in [5, 5.41) is 17.4. The third-order valence-electron chi connectivity index (χ3n) is 6.83. The van der Waals surface area contributed by atoms with E-state index in [1.54, 1.807) is 12.1 Å². The minimum Gasteiger partial charge on any atom is -0.493 e. The Hall–Kier alpha value is -4.85. The summed E-state index contributed by atoms with van der Waals surface area (Å²) < 4.78 is 16.8. The molecule has 8 heteroatoms. The van der Waals surface area contributed by atoms with Crippen molar-refractivity contribution in [3.05, 3.63) is 102 Å². The van der Waals surface area contributed by atoms with Gasteiger partial charge in [-0.2, -0.15) is 5.10 Å². The highest BCUT2D eigenvalue weighted by Crippen LogP contribution is 2.34. The SMILES string of the molecule is COc1cc(C2=NN(C(=O)COc3ccc4ccccc4c3)C(Cc3ccccc3)C2)c(C)cc1OCC(=O)O. The van der Waals surface area contributed by atoms with Gasteiger partial charge in [0.15, 0.2) is 24.7 Å². The van der Waals surface area contributed by atoms with Crippen LogP contribution < -0.4 is 14.2 Å². The molecule has 1 N–H and O–H groups in total. The van der Waals surface area contributed by atoms with E-state index in [-0.39, 0.29) is 18.6 Å². The van der Waals surface area contributed by atoms with Crippen molar-refractivity contribution in [3.63, 3.8) is 0 Å². The quantitative estimate of drug-likeness (QED) is 0.296. The van der Waals surface area contributed by atoms with Gasteiger partial charge in [-0.15, -0.1) is 0 Å². The topological polar surface area (TPSA) is 97.7 Å². The van der Waals surface area contributed by atoms with Crippen LogP contribution in [0.3, 0.4) is 0 Å². The maximum Gasteiger partial charge on any atom is 0.341 e. The van der Waals surface area contributed by atoms with Crippen molar-refractivity contribution in [1.82, 2.24) is 5.01 Å². The molecule has 40 heavy (non-hydrogen) atoms. The van der Waals surface area contributed by atoms with Gasteiger partial charge in [-0.3, -0.25) is 4.79 Å². The van der Waals surface area contributed by atoms with E-state index in [0.717, 1.165) is 33.2 Å². The van der Waals surface area contributed by atoms with Crippen LogP contribution in [0, 0.1) is 6.92 Å². The van der Waals surface area contributed by atoms with Gasteiger partial charge < -0.3 is 19.3 Å². The number of carbonyl (C=O) groups excluding carboxylic acids is 1. The molecule has 204 valence electrons. The van der Waals surface area contributed by atoms with E-state index in [2.05, 4.69) is 0 Å². The van der Waals surface area contributed by atoms with Crippen molar-refractivity contribution >= 4 is 28.4 Å². The Bertz CT molecular complexity index is 1570. The molecular weight excluding hydrogens is 508 g/mol. The van der Waals surface area contributed by atoms with E-state index in [0.29, 0.717) is 30.1 Å². The number of ether oxygens (including phenoxy) is 3. The minimum atomic E-state index is -1.08. The van der Waals surface area contributed by atoms with Crippen LogP contribution in [0.1, 0.15) is 23.1 Å². The lowest BCUT2D eigenvalue weighted by Crippen LogP contribution is -2.37. The van der Waals surface area contributed by atoms with Gasteiger partial charge in [-0.1, -0.05) is 60.7 Å². The molecule has 1 amide bonds. The zero-order valence-corrected chi connectivity index (χ0v) is 22.4. The molecule has 0 spiro atoms. The second-order valence-electron chi connectivity index (χ2n) is 9.63. The first-order valence-electron chi connectivity index (χ1n) is 13.0. The van der Waals surface area contributed by atoms with Crippen molar-refractivity contribution < 1.29 is 28.9 Å². The summed E-state index contributed by atoms with van der Waals surface area (Å²) in [4.78, 5) is 24.5. The maximum absolute atomic E-state index is 13.5. The van der Waals surface area contributed by atoms with Gasteiger partial charge in [-0.05, 0) is 59.5 Å². The third kappa shape index (κ3) is 6.07. The molecule has 8 nitrogen and oxygen atoms in total. The Kier molecular flexibility index (Phi) is 7.96. The predicted molar refractivity (Wildman–Crippen MR) is 152 cm³/mol. The number of hydrogen-bond donors (Lipinski definition) is 1. The zero-order valence-electron chi connectivity index (χ0n) is 22.4. The lowest BCUT2D eigenvalue weighted by Gasteiger charge is -2.22. The monoisotopic (exact) mass is 538 g/mol. The Morgan fingerprint density at radius 3 is 2.40 bits per heavy atom. The van der Waals surface area contributed by atoms with Gasteiger partial charge in [0, 0.05) is 12.0 Å². The van der Waals surface area contributed by atoms with E-state index < -0.39 is 12.6 Å². The van der Waals surface area contributed by atoms with Crippen molar-refractivity contribution in [2.75, 3.05) is 20.3 Å². The number of rotatable bonds is 10. The van der Waals surface area contributed by atoms with Gasteiger partial charge in [0.2, 0.25) is 0 Å². The zero-order chi connectivity index (χ0) is 28.1. The average molecular weight is 539 g/mol. The second kappa shape index (κ2) is 11.9. The first kappa shape index (κ1) is 26.7. The van der Waals surface area contributed by atoms with Crippen LogP contribution in [0.5, 0.6) is 17.2 Å². The molecule has 0 saturated heterocycles. The van der Waals surface area contributed by atoms with Gasteiger partial charge in [0.1, 0.15) is 5.75 Å². The first-order valence-corrected chi connectivity index (χ1v) is 13.0. The van der Waals surface area contributed by atoms with E-state index in [4.69, 9.17) is 24.4 Å². The standard InChI is InChI=1S/C32H30N2O6/c1-21-14-30(40-20-32(36)37)29(38-2)18-27(21)28-17-25(15-22-8-4-3-5-9-22)34(33-28)31(35)19-39-26-13-12-23-10-6-7-11-24(23)16-26/h3-14,16,18,25H,15,17,19-20H2,1-2H3,(H,36,37). The molecule has 0 bridgehead atoms. The van der Waals surface area contributed by atoms with Crippen LogP contribution in [-0.4, -0.2) is 54.1 Å². The number of carboxylic acid groups (broad SMARTS) is 1. The molecule has 1 aliphatic rings. The van der Waals surface area contributed by atoms with Gasteiger partial charge in [0.05, 0.1) is 18.9 Å². The third-order valence-corrected chi connectivity index (χ3v) is 6.83. The summed E-state index contributed by atoms with van der Waals surface area (Å²) in [6.45, 7) is 1.27. The molecule has 0 radical (unpaired) electrons. The number of carboxylic acids is 1. The molecule has 1 heterocycles. The number of hydrazone groups is 1. The second-order valence-corrected chi connectivity index (χ2v) is 9.63. The van der Waals surface area contributed by atoms with E-state index in [9.17, 15) is 9.59 Å². The average Bonchev–Trinajstić information content (AvgIpc) is 3.38. The summed E-state index contributed by atoms with van der Waals surface area (Å²) in [5.74, 6) is 0.0337. The Labute approximate surface area is 232 Å². The molecule has 4 aromatic carbocycles. The van der Waals surface area contributed by atoms with E-state index >= 15 is 0 Å². The largest absolute Gasteiger partial charge is 0.493 e. The molecule has 5 rings (SSSR count). The molecule has 0 fully saturated rings. The molecule has 1 unspecified atom stereocenters. The molecular formula is C32H30N2O6. The number of carbonyl (C=O) groups is 2. The lowest BCUT2D eigenvalue weighted by molar-refractivity contribution is -0.139. The molecule has 1 aliphatic heterocycles. The maximum atomic E-state index is 13.5. The number of amides is 1. The highest BCUT2D eigenvalue weighted by Gasteiger charge is 2.33. The molecule has 0 aliphatic carbocycles. The highest BCUT2D eigenvalue weighted by molar-refractivity contribution is 6.04. The molecule has 4 aromatic rings. The highest BCUT2D eigenvalue weighted by atomic mass is 16.5. The fraction of sp³-hybridized carbons (Fsp3) is 0.219. The van der Waals surface area contributed by atoms with Crippen LogP contribution in [0.4, 0.5) is 0 Å². The van der Waals surface area contributed by atoms with Gasteiger partial charge in [-0.25, -0.2) is 9.80 Å². The van der Waals surface area contributed by atoms with Crippen molar-refractivity contribution in [2.24, 2.45) is 5.10 Å². The van der Waals surface area contributed by atoms with Crippen LogP contribution in [0.15, 0.2) is 90.0 Å². The lowest BCUT2D eigenvalue weighted by atomic mass is 9.96. The molecule has 1 atom stereocenters. The number of hydrogen-bond acceptors (Lipinski definition) is 6. The fourth-order valence-electron chi connectivity index (χ4n) is 4.88. The van der Waals surface area contributed by atoms with Gasteiger partial charge in [0.25, 0.3) is 5.91 Å². The number of aliphatic carboxylic acids is 1. The normalized spacial score (nSPS) is 14.6. The number of nitrogens with zero attached hydrogens (tertiary/aromatic N) is 2. The summed E-state index contributed by atoms with van der Waals surface area (Å²) in [7, 11) is 1.50. The predicted octanol–water partition coefficient (Wildman–Crippen LogP) is 5.25. The Morgan fingerprint density at radius 1 is 0.900 bits per heavy atom. The number of aryl methyl sites for hydroxylation is 1. The van der Waals surface area contributed by atoms with E-state index in [1.807, 2.05) is 79.7 Å². The Morgan fingerprint density at radius 2 is 1.65 bits per heavy atom. The number of fused-ring (bicyclic) bond motifs is 1. The van der Waals surface area contributed by atoms with Crippen LogP contribution in [0.2, 0.25) is 0 Å². The molecule has 0 saturated carbocycles. The fourth-order valence-corrected chi connectivity index (χ4v) is 4.88. The minimum absolute atomic E-state index is 0.148. The summed E-state index contributed by atoms with van der Waals surface area (Å²) in [5.41, 5.74) is 3.48. The van der Waals surface area contributed by atoms with Crippen LogP contribution in [0.25, 0.3) is 10.8 Å². The number of benzene rings is 4. The van der Waals surface area contributed by atoms with E-state index in [1.165, 1.54) is 12.1 Å².